The zero-order valence-electron chi connectivity index (χ0n) is 32.9. The smallest absolute Gasteiger partial charge is 0.364 e. The van der Waals surface area contributed by atoms with Crippen molar-refractivity contribution in [2.45, 2.75) is 69.4 Å². The Morgan fingerprint density at radius 2 is 1.37 bits per heavy atom. The second-order valence-electron chi connectivity index (χ2n) is 13.2. The molecular weight excluding hydrogens is 765 g/mol. The number of hydrogen-bond donors (Lipinski definition) is 6. The van der Waals surface area contributed by atoms with Gasteiger partial charge in [0.25, 0.3) is 11.7 Å². The van der Waals surface area contributed by atoms with Gasteiger partial charge in [-0.15, -0.1) is 0 Å². The summed E-state index contributed by atoms with van der Waals surface area (Å²) in [6, 6.07) is 15.1. The highest BCUT2D eigenvalue weighted by Crippen LogP contribution is 2.34. The monoisotopic (exact) mass is 824 g/mol. The molecule has 3 rings (SSSR count). The van der Waals surface area contributed by atoms with E-state index in [1.54, 1.807) is 36.0 Å². The van der Waals surface area contributed by atoms with Gasteiger partial charge < -0.3 is 64.2 Å². The van der Waals surface area contributed by atoms with Crippen molar-refractivity contribution in [2.75, 3.05) is 90.7 Å². The van der Waals surface area contributed by atoms with Gasteiger partial charge in [0.05, 0.1) is 84.3 Å². The van der Waals surface area contributed by atoms with Crippen molar-refractivity contribution >= 4 is 29.5 Å². The maximum atomic E-state index is 12.9. The predicted octanol–water partition coefficient (Wildman–Crippen LogP) is 1.87. The predicted molar refractivity (Wildman–Crippen MR) is 212 cm³/mol. The van der Waals surface area contributed by atoms with Crippen LogP contribution >= 0.6 is 11.8 Å². The van der Waals surface area contributed by atoms with Gasteiger partial charge in [-0.2, -0.15) is 11.8 Å². The molecule has 0 spiro atoms. The normalized spacial score (nSPS) is 20.5. The van der Waals surface area contributed by atoms with Crippen LogP contribution < -0.4 is 10.6 Å². The van der Waals surface area contributed by atoms with E-state index in [-0.39, 0.29) is 6.61 Å². The van der Waals surface area contributed by atoms with Crippen LogP contribution in [-0.4, -0.2) is 165 Å². The van der Waals surface area contributed by atoms with Crippen LogP contribution in [0.4, 0.5) is 0 Å². The summed E-state index contributed by atoms with van der Waals surface area (Å²) in [5.41, 5.74) is 2.20. The maximum absolute atomic E-state index is 12.9. The fraction of sp³-hybridized carbons (Fsp3) is 0.625. The molecule has 16 nitrogen and oxygen atoms in total. The van der Waals surface area contributed by atoms with E-state index in [9.17, 15) is 34.8 Å². The van der Waals surface area contributed by atoms with Gasteiger partial charge in [0.15, 0.2) is 0 Å². The number of amides is 2. The van der Waals surface area contributed by atoms with Crippen LogP contribution in [0.1, 0.15) is 43.5 Å². The zero-order valence-corrected chi connectivity index (χ0v) is 33.7. The number of aliphatic hydroxyl groups excluding tert-OH is 3. The topological polar surface area (TPSA) is 221 Å². The minimum Gasteiger partial charge on any atom is -0.477 e. The Morgan fingerprint density at radius 3 is 1.93 bits per heavy atom. The van der Waals surface area contributed by atoms with Gasteiger partial charge in [0.2, 0.25) is 5.91 Å². The van der Waals surface area contributed by atoms with Gasteiger partial charge in [0.1, 0.15) is 12.2 Å². The molecule has 2 amide bonds. The van der Waals surface area contributed by atoms with Gasteiger partial charge in [-0.1, -0.05) is 49.4 Å². The number of hydrogen-bond acceptors (Lipinski definition) is 14. The van der Waals surface area contributed by atoms with Crippen molar-refractivity contribution in [1.29, 1.82) is 0 Å². The summed E-state index contributed by atoms with van der Waals surface area (Å²) in [5, 5.41) is 48.3. The van der Waals surface area contributed by atoms with Crippen LogP contribution in [0.25, 0.3) is 11.1 Å². The van der Waals surface area contributed by atoms with Crippen LogP contribution in [-0.2, 0) is 42.7 Å². The van der Waals surface area contributed by atoms with Gasteiger partial charge >= 0.3 is 5.97 Å². The number of carboxylic acids is 1. The largest absolute Gasteiger partial charge is 0.477 e. The molecule has 0 aromatic heterocycles. The fourth-order valence-electron chi connectivity index (χ4n) is 5.78. The lowest BCUT2D eigenvalue weighted by molar-refractivity contribution is -0.310. The van der Waals surface area contributed by atoms with Gasteiger partial charge in [-0.05, 0) is 41.9 Å². The van der Waals surface area contributed by atoms with E-state index < -0.39 is 67.0 Å². The molecule has 17 heteroatoms. The first-order valence-electron chi connectivity index (χ1n) is 19.3. The average Bonchev–Trinajstić information content (AvgIpc) is 3.21. The molecule has 0 bridgehead atoms. The zero-order chi connectivity index (χ0) is 41.3. The molecule has 6 atom stereocenters. The van der Waals surface area contributed by atoms with Crippen molar-refractivity contribution in [1.82, 2.24) is 10.6 Å². The minimum atomic E-state index is -2.38. The molecule has 1 aliphatic heterocycles. The molecule has 2 aromatic rings. The summed E-state index contributed by atoms with van der Waals surface area (Å²) < 4.78 is 38.8. The van der Waals surface area contributed by atoms with E-state index in [4.69, 9.17) is 33.2 Å². The molecule has 320 valence electrons. The highest BCUT2D eigenvalue weighted by molar-refractivity contribution is 7.99. The highest BCUT2D eigenvalue weighted by Gasteiger charge is 2.55. The molecule has 1 saturated heterocycles. The van der Waals surface area contributed by atoms with E-state index in [2.05, 4.69) is 17.6 Å². The summed E-state index contributed by atoms with van der Waals surface area (Å²) in [7, 11) is 0. The van der Waals surface area contributed by atoms with E-state index in [0.717, 1.165) is 24.2 Å². The Balaban J connectivity index is 1.36. The number of nitrogens with one attached hydrogen (secondary N) is 2. The molecule has 57 heavy (non-hydrogen) atoms. The van der Waals surface area contributed by atoms with Crippen molar-refractivity contribution in [3.8, 4) is 11.1 Å². The summed E-state index contributed by atoms with van der Waals surface area (Å²) >= 11 is 1.58. The molecule has 0 radical (unpaired) electrons. The first-order valence-corrected chi connectivity index (χ1v) is 20.5. The molecule has 1 aliphatic rings. The SMILES string of the molecule is CCCOCCOCCOCCOCCOCCSCCCO[C@]1(C(=O)O)C[C@H](O)[C@@H](NC(C)=O)[C@H]([C@H](O)[C@H](O)CNC(=O)c2ccc(-c3ccccc3)cc2)O1. The summed E-state index contributed by atoms with van der Waals surface area (Å²) in [6.07, 6.45) is -5.79. The number of benzene rings is 2. The lowest BCUT2D eigenvalue weighted by atomic mass is 9.88. The number of carbonyl (C=O) groups excluding carboxylic acids is 2. The van der Waals surface area contributed by atoms with Gasteiger partial charge in [-0.25, -0.2) is 4.79 Å². The Hall–Kier alpha value is -3.20. The molecule has 0 saturated carbocycles. The number of carboxylic acid groups (broad SMARTS) is 1. The average molecular weight is 825 g/mol. The lowest BCUT2D eigenvalue weighted by Crippen LogP contribution is -2.68. The third-order valence-corrected chi connectivity index (χ3v) is 9.73. The Bertz CT molecular complexity index is 1420. The van der Waals surface area contributed by atoms with Crippen molar-refractivity contribution in [3.63, 3.8) is 0 Å². The molecule has 0 aliphatic carbocycles. The summed E-state index contributed by atoms with van der Waals surface area (Å²) in [6.45, 7) is 7.89. The third kappa shape index (κ3) is 17.7. The van der Waals surface area contributed by atoms with Crippen LogP contribution in [0.2, 0.25) is 0 Å². The summed E-state index contributed by atoms with van der Waals surface area (Å²) in [5.74, 6) is -3.73. The highest BCUT2D eigenvalue weighted by atomic mass is 32.2. The molecule has 1 heterocycles. The molecular formula is C40H60N2O14S. The van der Waals surface area contributed by atoms with E-state index in [1.807, 2.05) is 30.3 Å². The molecule has 6 N–H and O–H groups in total. The van der Waals surface area contributed by atoms with Gasteiger partial charge in [0, 0.05) is 37.8 Å². The van der Waals surface area contributed by atoms with Crippen molar-refractivity contribution in [2.24, 2.45) is 0 Å². The van der Waals surface area contributed by atoms with Gasteiger partial charge in [-0.3, -0.25) is 9.59 Å². The number of thioether (sulfide) groups is 1. The maximum Gasteiger partial charge on any atom is 0.364 e. The molecule has 1 fully saturated rings. The number of aliphatic hydroxyl groups is 3. The first kappa shape index (κ1) is 48.2. The van der Waals surface area contributed by atoms with Crippen molar-refractivity contribution < 1.29 is 68.0 Å². The van der Waals surface area contributed by atoms with E-state index in [1.165, 1.54) is 6.92 Å². The lowest BCUT2D eigenvalue weighted by Gasteiger charge is -2.46. The second-order valence-corrected chi connectivity index (χ2v) is 14.5. The van der Waals surface area contributed by atoms with Crippen molar-refractivity contribution in [3.05, 3.63) is 60.2 Å². The van der Waals surface area contributed by atoms with Crippen LogP contribution in [0, 0.1) is 0 Å². The fourth-order valence-corrected chi connectivity index (χ4v) is 6.54. The van der Waals surface area contributed by atoms with Crippen LogP contribution in [0.3, 0.4) is 0 Å². The minimum absolute atomic E-state index is 0.0580. The Kier molecular flexibility index (Phi) is 23.2. The van der Waals surface area contributed by atoms with Crippen LogP contribution in [0.5, 0.6) is 0 Å². The Morgan fingerprint density at radius 1 is 0.807 bits per heavy atom. The summed E-state index contributed by atoms with van der Waals surface area (Å²) in [4.78, 5) is 37.4. The van der Waals surface area contributed by atoms with E-state index in [0.29, 0.717) is 83.0 Å². The number of carbonyl (C=O) groups is 3. The Labute approximate surface area is 338 Å². The second kappa shape index (κ2) is 27.5. The van der Waals surface area contributed by atoms with E-state index >= 15 is 0 Å². The molecule has 0 unspecified atom stereocenters. The number of rotatable bonds is 30. The quantitative estimate of drug-likeness (QED) is 0.0620. The first-order chi connectivity index (χ1) is 27.6. The molecule has 2 aromatic carbocycles. The van der Waals surface area contributed by atoms with Crippen LogP contribution in [0.15, 0.2) is 54.6 Å². The number of aliphatic carboxylic acids is 1. The number of ether oxygens (including phenoxy) is 7. The standard InChI is InChI=1S/C40H60N2O14S/c1-3-14-50-16-17-51-18-19-52-20-21-53-22-23-54-24-26-57-25-7-15-55-40(39(48)49)27-33(44)35(42-29(2)43)37(56-40)36(46)34(45)28-41-38(47)32-12-10-31(11-13-32)30-8-5-4-6-9-30/h4-6,8-13,33-37,44-46H,3,7,14-28H2,1-2H3,(H,41,47)(H,42,43)(H,48,49)/t33-,34+,35+,36+,37+,40+/m0/s1. The third-order valence-electron chi connectivity index (χ3n) is 8.70.